The van der Waals surface area contributed by atoms with Crippen LogP contribution in [0.1, 0.15) is 23.1 Å². The number of sulfone groups is 1. The largest absolute Gasteiger partial charge is 0.416 e. The summed E-state index contributed by atoms with van der Waals surface area (Å²) in [5.41, 5.74) is -2.73. The Morgan fingerprint density at radius 1 is 0.971 bits per heavy atom. The number of alkyl halides is 6. The summed E-state index contributed by atoms with van der Waals surface area (Å²) in [7, 11) is -3.57. The lowest BCUT2D eigenvalue weighted by Crippen LogP contribution is -2.38. The van der Waals surface area contributed by atoms with Crippen LogP contribution in [0.5, 0.6) is 0 Å². The number of amides is 1. The molecule has 0 unspecified atom stereocenters. The minimum Gasteiger partial charge on any atom is -0.316 e. The quantitative estimate of drug-likeness (QED) is 0.517. The van der Waals surface area contributed by atoms with E-state index < -0.39 is 62.0 Å². The van der Waals surface area contributed by atoms with Crippen LogP contribution in [0.25, 0.3) is 0 Å². The Morgan fingerprint density at radius 2 is 1.57 bits per heavy atom. The normalized spacial score (nSPS) is 23.0. The summed E-state index contributed by atoms with van der Waals surface area (Å²) < 4.78 is 105. The fourth-order valence-electron chi connectivity index (χ4n) is 4.00. The number of carbonyl (C=O) groups excluding carboxylic acids is 1. The minimum absolute atomic E-state index is 0.00256. The van der Waals surface area contributed by atoms with Crippen LogP contribution in [0.3, 0.4) is 0 Å². The van der Waals surface area contributed by atoms with Crippen LogP contribution in [0.4, 0.5) is 32.0 Å². The number of halogens is 6. The highest BCUT2D eigenvalue weighted by Crippen LogP contribution is 2.44. The second-order valence-corrected chi connectivity index (χ2v) is 11.6. The topological polar surface area (TPSA) is 66.8 Å². The maximum absolute atomic E-state index is 13.4. The number of aliphatic imine (C=N–C) groups is 1. The maximum atomic E-state index is 13.4. The highest BCUT2D eigenvalue weighted by atomic mass is 32.2. The van der Waals surface area contributed by atoms with Gasteiger partial charge in [-0.15, -0.1) is 0 Å². The average molecular weight is 537 g/mol. The number of carbonyl (C=O) groups is 1. The molecule has 1 amide bonds. The summed E-state index contributed by atoms with van der Waals surface area (Å²) in [4.78, 5) is 17.5. The molecule has 2 aliphatic heterocycles. The third-order valence-corrected chi connectivity index (χ3v) is 8.82. The fraction of sp³-hybridized carbons (Fsp3) is 0.364. The van der Waals surface area contributed by atoms with Crippen LogP contribution in [0.15, 0.2) is 53.5 Å². The highest BCUT2D eigenvalue weighted by Gasteiger charge is 2.50. The van der Waals surface area contributed by atoms with Crippen LogP contribution < -0.4 is 4.90 Å². The van der Waals surface area contributed by atoms with Crippen molar-refractivity contribution >= 4 is 38.4 Å². The number of rotatable bonds is 4. The Kier molecular flexibility index (Phi) is 6.68. The number of aryl methyl sites for hydroxylation is 1. The first-order valence-electron chi connectivity index (χ1n) is 10.3. The first kappa shape index (κ1) is 25.5. The predicted molar refractivity (Wildman–Crippen MR) is 120 cm³/mol. The number of amidine groups is 1. The van der Waals surface area contributed by atoms with Crippen molar-refractivity contribution in [1.29, 1.82) is 0 Å². The number of benzene rings is 2. The van der Waals surface area contributed by atoms with Gasteiger partial charge in [0.25, 0.3) is 0 Å². The van der Waals surface area contributed by atoms with Crippen molar-refractivity contribution in [3.63, 3.8) is 0 Å². The van der Waals surface area contributed by atoms with Crippen LogP contribution >= 0.6 is 11.8 Å². The van der Waals surface area contributed by atoms with Gasteiger partial charge in [-0.25, -0.2) is 8.42 Å². The molecular formula is C22H18F6N2O3S2. The maximum Gasteiger partial charge on any atom is 0.416 e. The van der Waals surface area contributed by atoms with E-state index >= 15 is 0 Å². The Morgan fingerprint density at radius 3 is 2.14 bits per heavy atom. The van der Waals surface area contributed by atoms with Gasteiger partial charge in [0.15, 0.2) is 15.0 Å². The Hall–Kier alpha value is -2.54. The molecule has 0 aromatic heterocycles. The molecule has 0 N–H and O–H groups in total. The van der Waals surface area contributed by atoms with Gasteiger partial charge in [-0.2, -0.15) is 31.3 Å². The molecule has 2 heterocycles. The van der Waals surface area contributed by atoms with Gasteiger partial charge in [-0.05, 0) is 30.2 Å². The number of anilines is 1. The van der Waals surface area contributed by atoms with Crippen LogP contribution in [-0.4, -0.2) is 42.3 Å². The lowest BCUT2D eigenvalue weighted by molar-refractivity contribution is -0.143. The zero-order valence-electron chi connectivity index (χ0n) is 17.8. The molecule has 0 aliphatic carbocycles. The smallest absolute Gasteiger partial charge is 0.316 e. The van der Waals surface area contributed by atoms with Crippen molar-refractivity contribution in [1.82, 2.24) is 0 Å². The Bertz CT molecular complexity index is 1230. The van der Waals surface area contributed by atoms with E-state index in [1.807, 2.05) is 0 Å². The molecule has 0 bridgehead atoms. The van der Waals surface area contributed by atoms with E-state index in [9.17, 15) is 39.6 Å². The number of hydrogen-bond donors (Lipinski definition) is 0. The highest BCUT2D eigenvalue weighted by molar-refractivity contribution is 8.16. The van der Waals surface area contributed by atoms with Gasteiger partial charge in [0.2, 0.25) is 5.91 Å². The van der Waals surface area contributed by atoms with Gasteiger partial charge in [0, 0.05) is 17.4 Å². The molecule has 0 saturated carbocycles. The van der Waals surface area contributed by atoms with Crippen molar-refractivity contribution in [2.75, 3.05) is 16.4 Å². The first-order valence-corrected chi connectivity index (χ1v) is 13.0. The molecule has 5 nitrogen and oxygen atoms in total. The summed E-state index contributed by atoms with van der Waals surface area (Å²) >= 11 is 0.877. The Balaban J connectivity index is 1.72. The van der Waals surface area contributed by atoms with Crippen molar-refractivity contribution in [2.24, 2.45) is 4.99 Å². The summed E-state index contributed by atoms with van der Waals surface area (Å²) in [5.74, 6) is -1.41. The van der Waals surface area contributed by atoms with Gasteiger partial charge in [-0.1, -0.05) is 42.1 Å². The van der Waals surface area contributed by atoms with Gasteiger partial charge in [0.1, 0.15) is 0 Å². The van der Waals surface area contributed by atoms with Crippen LogP contribution in [0, 0.1) is 0 Å². The minimum atomic E-state index is -5.08. The SMILES string of the molecule is O=C(CCc1ccccc1)N=C1S[C@H]2CS(=O)(=O)C[C@@H]2N1c1cc(C(F)(F)F)cc(C(F)(F)F)c1. The molecule has 2 fully saturated rings. The Labute approximate surface area is 201 Å². The average Bonchev–Trinajstić information content (AvgIpc) is 3.22. The van der Waals surface area contributed by atoms with Crippen LogP contribution in [0.2, 0.25) is 0 Å². The van der Waals surface area contributed by atoms with Gasteiger partial charge < -0.3 is 4.90 Å². The molecule has 13 heteroatoms. The second kappa shape index (κ2) is 9.16. The lowest BCUT2D eigenvalue weighted by atomic mass is 10.1. The number of nitrogens with zero attached hydrogens (tertiary/aromatic N) is 2. The van der Waals surface area contributed by atoms with E-state index in [0.29, 0.717) is 18.6 Å². The number of fused-ring (bicyclic) bond motifs is 1. The predicted octanol–water partition coefficient (Wildman–Crippen LogP) is 4.96. The zero-order valence-corrected chi connectivity index (χ0v) is 19.4. The zero-order chi connectivity index (χ0) is 25.6. The number of hydrogen-bond acceptors (Lipinski definition) is 4. The van der Waals surface area contributed by atoms with Crippen molar-refractivity contribution in [3.05, 3.63) is 65.2 Å². The third kappa shape index (κ3) is 5.83. The monoisotopic (exact) mass is 536 g/mol. The third-order valence-electron chi connectivity index (χ3n) is 5.61. The lowest BCUT2D eigenvalue weighted by Gasteiger charge is -2.26. The summed E-state index contributed by atoms with van der Waals surface area (Å²) in [6.45, 7) is 0. The molecule has 2 atom stereocenters. The van der Waals surface area contributed by atoms with Crippen molar-refractivity contribution < 1.29 is 39.6 Å². The van der Waals surface area contributed by atoms with E-state index in [4.69, 9.17) is 0 Å². The van der Waals surface area contributed by atoms with Crippen LogP contribution in [-0.2, 0) is 33.4 Å². The molecule has 188 valence electrons. The molecule has 2 aliphatic rings. The second-order valence-electron chi connectivity index (χ2n) is 8.21. The van der Waals surface area contributed by atoms with E-state index in [2.05, 4.69) is 4.99 Å². The van der Waals surface area contributed by atoms with Crippen molar-refractivity contribution in [3.8, 4) is 0 Å². The molecule has 0 spiro atoms. The van der Waals surface area contributed by atoms with E-state index in [1.54, 1.807) is 30.3 Å². The van der Waals surface area contributed by atoms with E-state index in [0.717, 1.165) is 22.2 Å². The van der Waals surface area contributed by atoms with Gasteiger partial charge >= 0.3 is 12.4 Å². The molecule has 4 rings (SSSR count). The van der Waals surface area contributed by atoms with Gasteiger partial charge in [-0.3, -0.25) is 4.79 Å². The standard InChI is InChI=1S/C22H18F6N2O3S2/c23-21(24,25)14-8-15(22(26,27)28)10-16(9-14)30-17-11-35(32,33)12-18(17)34-20(30)29-19(31)7-6-13-4-2-1-3-5-13/h1-5,8-10,17-18H,6-7,11-12H2/t17-,18-/m0/s1. The number of thioether (sulfide) groups is 1. The van der Waals surface area contributed by atoms with E-state index in [1.165, 1.54) is 0 Å². The molecule has 0 radical (unpaired) electrons. The first-order chi connectivity index (χ1) is 16.2. The molecule has 2 saturated heterocycles. The van der Waals surface area contributed by atoms with Crippen molar-refractivity contribution in [2.45, 2.75) is 36.5 Å². The molecule has 2 aromatic rings. The molecular weight excluding hydrogens is 518 g/mol. The summed E-state index contributed by atoms with van der Waals surface area (Å²) in [5, 5.41) is -0.787. The van der Waals surface area contributed by atoms with Gasteiger partial charge in [0.05, 0.1) is 28.7 Å². The summed E-state index contributed by atoms with van der Waals surface area (Å²) in [6, 6.07) is 9.06. The molecule has 2 aromatic carbocycles. The molecule has 35 heavy (non-hydrogen) atoms. The summed E-state index contributed by atoms with van der Waals surface area (Å²) in [6.07, 6.45) is -9.85. The fourth-order valence-corrected chi connectivity index (χ4v) is 7.93. The van der Waals surface area contributed by atoms with E-state index in [-0.39, 0.29) is 23.4 Å².